The summed E-state index contributed by atoms with van der Waals surface area (Å²) in [7, 11) is 0. The van der Waals surface area contributed by atoms with E-state index in [1.807, 2.05) is 0 Å². The largest absolute Gasteiger partial charge is 0.375 e. The van der Waals surface area contributed by atoms with Crippen molar-refractivity contribution in [2.24, 2.45) is 5.92 Å². The first-order valence-electron chi connectivity index (χ1n) is 8.79. The van der Waals surface area contributed by atoms with E-state index in [9.17, 15) is 0 Å². The van der Waals surface area contributed by atoms with Crippen LogP contribution in [0.25, 0.3) is 0 Å². The van der Waals surface area contributed by atoms with Crippen molar-refractivity contribution in [2.75, 3.05) is 6.54 Å². The lowest BCUT2D eigenvalue weighted by atomic mass is 9.80. The second-order valence-corrected chi connectivity index (χ2v) is 6.70. The molecule has 3 rings (SSSR count). The summed E-state index contributed by atoms with van der Waals surface area (Å²) in [4.78, 5) is 0. The third-order valence-corrected chi connectivity index (χ3v) is 5.04. The average Bonchev–Trinajstić information content (AvgIpc) is 3.11. The van der Waals surface area contributed by atoms with E-state index in [4.69, 9.17) is 4.74 Å². The number of benzene rings is 1. The van der Waals surface area contributed by atoms with Crippen molar-refractivity contribution in [3.8, 4) is 0 Å². The Morgan fingerprint density at radius 2 is 2.14 bits per heavy atom. The van der Waals surface area contributed by atoms with Crippen molar-refractivity contribution in [3.05, 3.63) is 35.4 Å². The fraction of sp³-hybridized carbons (Fsp3) is 0.684. The fourth-order valence-electron chi connectivity index (χ4n) is 4.07. The van der Waals surface area contributed by atoms with Crippen LogP contribution >= 0.6 is 0 Å². The molecule has 2 heteroatoms. The Hall–Kier alpha value is -0.860. The van der Waals surface area contributed by atoms with Crippen LogP contribution in [0.5, 0.6) is 0 Å². The van der Waals surface area contributed by atoms with Gasteiger partial charge in [0, 0.05) is 12.0 Å². The number of rotatable bonds is 7. The Kier molecular flexibility index (Phi) is 4.97. The summed E-state index contributed by atoms with van der Waals surface area (Å²) in [6, 6.07) is 9.69. The molecule has 4 atom stereocenters. The van der Waals surface area contributed by atoms with Crippen LogP contribution in [-0.2, 0) is 11.2 Å². The second-order valence-electron chi connectivity index (χ2n) is 6.70. The summed E-state index contributed by atoms with van der Waals surface area (Å²) in [6.07, 6.45) is 8.38. The zero-order chi connectivity index (χ0) is 14.7. The van der Waals surface area contributed by atoms with E-state index < -0.39 is 0 Å². The van der Waals surface area contributed by atoms with Crippen molar-refractivity contribution in [3.63, 3.8) is 0 Å². The lowest BCUT2D eigenvalue weighted by molar-refractivity contribution is 0.0856. The average molecular weight is 287 g/mol. The number of fused-ring (bicyclic) bond motifs is 2. The van der Waals surface area contributed by atoms with Crippen molar-refractivity contribution < 1.29 is 4.74 Å². The molecule has 0 amide bonds. The van der Waals surface area contributed by atoms with Crippen molar-refractivity contribution >= 4 is 0 Å². The number of nitrogens with one attached hydrogen (secondary N) is 1. The van der Waals surface area contributed by atoms with Gasteiger partial charge in [-0.05, 0) is 49.8 Å². The van der Waals surface area contributed by atoms with Gasteiger partial charge in [0.25, 0.3) is 0 Å². The molecule has 0 aliphatic carbocycles. The van der Waals surface area contributed by atoms with Gasteiger partial charge >= 0.3 is 0 Å². The van der Waals surface area contributed by atoms with E-state index in [1.165, 1.54) is 49.7 Å². The number of ether oxygens (including phenoxy) is 1. The van der Waals surface area contributed by atoms with Crippen LogP contribution in [0.3, 0.4) is 0 Å². The highest BCUT2D eigenvalue weighted by Gasteiger charge is 2.44. The normalized spacial score (nSPS) is 29.0. The van der Waals surface area contributed by atoms with E-state index in [-0.39, 0.29) is 0 Å². The molecular weight excluding hydrogens is 258 g/mol. The van der Waals surface area contributed by atoms with E-state index in [0.29, 0.717) is 24.2 Å². The predicted molar refractivity (Wildman–Crippen MR) is 87.5 cm³/mol. The van der Waals surface area contributed by atoms with Crippen LogP contribution in [0.1, 0.15) is 63.1 Å². The molecule has 0 saturated carbocycles. The van der Waals surface area contributed by atoms with Crippen molar-refractivity contribution in [1.29, 1.82) is 0 Å². The van der Waals surface area contributed by atoms with Gasteiger partial charge in [0.05, 0.1) is 12.2 Å². The van der Waals surface area contributed by atoms with E-state index in [1.54, 1.807) is 0 Å². The molecular formula is C19H29NO. The maximum Gasteiger partial charge on any atom is 0.0627 e. The van der Waals surface area contributed by atoms with Gasteiger partial charge in [-0.15, -0.1) is 0 Å². The Bertz CT molecular complexity index is 459. The molecule has 2 fully saturated rings. The minimum Gasteiger partial charge on any atom is -0.375 e. The van der Waals surface area contributed by atoms with E-state index in [0.717, 1.165) is 6.54 Å². The van der Waals surface area contributed by atoms with Gasteiger partial charge < -0.3 is 10.1 Å². The molecule has 1 aromatic rings. The molecule has 1 N–H and O–H groups in total. The van der Waals surface area contributed by atoms with Crippen LogP contribution in [0, 0.1) is 5.92 Å². The Morgan fingerprint density at radius 1 is 1.24 bits per heavy atom. The van der Waals surface area contributed by atoms with Crippen LogP contribution in [0.15, 0.2) is 24.3 Å². The number of hydrogen-bond donors (Lipinski definition) is 1. The minimum atomic E-state index is 0.469. The maximum atomic E-state index is 6.11. The summed E-state index contributed by atoms with van der Waals surface area (Å²) in [5.41, 5.74) is 2.94. The van der Waals surface area contributed by atoms with Gasteiger partial charge in [0.1, 0.15) is 0 Å². The Balaban J connectivity index is 1.79. The van der Waals surface area contributed by atoms with Gasteiger partial charge in [-0.25, -0.2) is 0 Å². The summed E-state index contributed by atoms with van der Waals surface area (Å²) in [5.74, 6) is 0.659. The molecule has 2 aliphatic rings. The minimum absolute atomic E-state index is 0.469. The maximum absolute atomic E-state index is 6.11. The summed E-state index contributed by atoms with van der Waals surface area (Å²) < 4.78 is 6.11. The monoisotopic (exact) mass is 287 g/mol. The topological polar surface area (TPSA) is 21.3 Å². The molecule has 0 radical (unpaired) electrons. The molecule has 2 nitrogen and oxygen atoms in total. The molecule has 116 valence electrons. The Labute approximate surface area is 129 Å². The Morgan fingerprint density at radius 3 is 2.81 bits per heavy atom. The fourth-order valence-corrected chi connectivity index (χ4v) is 4.07. The first kappa shape index (κ1) is 15.1. The molecule has 0 aromatic heterocycles. The molecule has 21 heavy (non-hydrogen) atoms. The third-order valence-electron chi connectivity index (χ3n) is 5.04. The van der Waals surface area contributed by atoms with E-state index >= 15 is 0 Å². The standard InChI is InChI=1S/C19H29NO/c1-3-6-14-7-5-8-15(12-14)19(20-11-4-2)17-13-16-9-10-18(17)21-16/h5,7-8,12,16-20H,3-4,6,9-11,13H2,1-2H3. The molecule has 2 heterocycles. The first-order valence-corrected chi connectivity index (χ1v) is 8.79. The lowest BCUT2D eigenvalue weighted by Crippen LogP contribution is -2.34. The predicted octanol–water partition coefficient (Wildman–Crippen LogP) is 4.25. The zero-order valence-corrected chi connectivity index (χ0v) is 13.5. The van der Waals surface area contributed by atoms with E-state index in [2.05, 4.69) is 43.4 Å². The van der Waals surface area contributed by atoms with Crippen LogP contribution in [-0.4, -0.2) is 18.8 Å². The zero-order valence-electron chi connectivity index (χ0n) is 13.5. The van der Waals surface area contributed by atoms with Crippen LogP contribution < -0.4 is 5.32 Å². The van der Waals surface area contributed by atoms with Gasteiger partial charge in [-0.2, -0.15) is 0 Å². The first-order chi connectivity index (χ1) is 10.3. The van der Waals surface area contributed by atoms with Gasteiger partial charge in [0.15, 0.2) is 0 Å². The van der Waals surface area contributed by atoms with Crippen molar-refractivity contribution in [2.45, 2.75) is 70.6 Å². The third kappa shape index (κ3) is 3.32. The SMILES string of the molecule is CCCNC(c1cccc(CCC)c1)C1CC2CCC1O2. The summed E-state index contributed by atoms with van der Waals surface area (Å²) in [6.45, 7) is 5.59. The highest BCUT2D eigenvalue weighted by molar-refractivity contribution is 5.27. The number of hydrogen-bond acceptors (Lipinski definition) is 2. The summed E-state index contributed by atoms with van der Waals surface area (Å²) >= 11 is 0. The van der Waals surface area contributed by atoms with Crippen molar-refractivity contribution in [1.82, 2.24) is 5.32 Å². The second kappa shape index (κ2) is 6.93. The molecule has 2 aliphatic heterocycles. The lowest BCUT2D eigenvalue weighted by Gasteiger charge is -2.30. The van der Waals surface area contributed by atoms with Gasteiger partial charge in [-0.1, -0.05) is 44.5 Å². The highest BCUT2D eigenvalue weighted by atomic mass is 16.5. The quantitative estimate of drug-likeness (QED) is 0.809. The van der Waals surface area contributed by atoms with Gasteiger partial charge in [0.2, 0.25) is 0 Å². The molecule has 4 unspecified atom stereocenters. The molecule has 2 saturated heterocycles. The molecule has 2 bridgehead atoms. The smallest absolute Gasteiger partial charge is 0.0627 e. The van der Waals surface area contributed by atoms with Crippen LogP contribution in [0.2, 0.25) is 0 Å². The number of aryl methyl sites for hydroxylation is 1. The molecule has 1 aromatic carbocycles. The van der Waals surface area contributed by atoms with Gasteiger partial charge in [-0.3, -0.25) is 0 Å². The van der Waals surface area contributed by atoms with Crippen LogP contribution in [0.4, 0.5) is 0 Å². The summed E-state index contributed by atoms with van der Waals surface area (Å²) in [5, 5.41) is 3.80. The molecule has 0 spiro atoms. The highest BCUT2D eigenvalue weighted by Crippen LogP contribution is 2.44.